The molecule has 1 atom stereocenters. The number of aliphatic hydroxyl groups is 1. The van der Waals surface area contributed by atoms with Gasteiger partial charge in [-0.05, 0) is 62.2 Å². The highest BCUT2D eigenvalue weighted by Crippen LogP contribution is 2.19. The number of hydrogen-bond donors (Lipinski definition) is 2. The Balaban J connectivity index is 1.87. The SMILES string of the molecule is CCO[Si](CCCC(O)COC(=O)c1ccc(O)cc1)(OCC)c1ccccc1. The van der Waals surface area contributed by atoms with Gasteiger partial charge in [-0.15, -0.1) is 0 Å². The molecule has 7 heteroatoms. The van der Waals surface area contributed by atoms with Gasteiger partial charge in [-0.1, -0.05) is 30.3 Å². The molecule has 0 saturated heterocycles. The summed E-state index contributed by atoms with van der Waals surface area (Å²) in [5.41, 5.74) is 0.332. The second kappa shape index (κ2) is 11.7. The lowest BCUT2D eigenvalue weighted by Crippen LogP contribution is -2.54. The van der Waals surface area contributed by atoms with E-state index >= 15 is 0 Å². The zero-order valence-electron chi connectivity index (χ0n) is 17.0. The molecule has 29 heavy (non-hydrogen) atoms. The van der Waals surface area contributed by atoms with Crippen molar-refractivity contribution in [2.24, 2.45) is 0 Å². The number of ether oxygens (including phenoxy) is 1. The van der Waals surface area contributed by atoms with Crippen LogP contribution in [0.3, 0.4) is 0 Å². The van der Waals surface area contributed by atoms with E-state index in [1.807, 2.05) is 44.2 Å². The molecular weight excluding hydrogens is 388 g/mol. The number of rotatable bonds is 12. The zero-order valence-corrected chi connectivity index (χ0v) is 18.0. The first-order chi connectivity index (χ1) is 14.0. The summed E-state index contributed by atoms with van der Waals surface area (Å²) in [6.45, 7) is 4.97. The van der Waals surface area contributed by atoms with Gasteiger partial charge in [0.2, 0.25) is 0 Å². The maximum absolute atomic E-state index is 12.0. The van der Waals surface area contributed by atoms with Crippen LogP contribution in [0.25, 0.3) is 0 Å². The Morgan fingerprint density at radius 1 is 1.00 bits per heavy atom. The van der Waals surface area contributed by atoms with E-state index in [4.69, 9.17) is 13.6 Å². The summed E-state index contributed by atoms with van der Waals surface area (Å²) in [5, 5.41) is 20.6. The maximum Gasteiger partial charge on any atom is 0.372 e. The molecule has 2 aromatic rings. The molecule has 0 amide bonds. The molecule has 158 valence electrons. The van der Waals surface area contributed by atoms with E-state index in [9.17, 15) is 15.0 Å². The van der Waals surface area contributed by atoms with Gasteiger partial charge in [0.25, 0.3) is 0 Å². The van der Waals surface area contributed by atoms with Crippen molar-refractivity contribution in [3.8, 4) is 5.75 Å². The number of carbonyl (C=O) groups excluding carboxylic acids is 1. The number of aromatic hydroxyl groups is 1. The van der Waals surface area contributed by atoms with E-state index in [0.717, 1.165) is 5.19 Å². The van der Waals surface area contributed by atoms with E-state index in [2.05, 4.69) is 0 Å². The quantitative estimate of drug-likeness (QED) is 0.407. The Bertz CT molecular complexity index is 729. The van der Waals surface area contributed by atoms with Crippen molar-refractivity contribution in [1.82, 2.24) is 0 Å². The molecule has 0 aromatic heterocycles. The molecule has 0 radical (unpaired) electrons. The monoisotopic (exact) mass is 418 g/mol. The van der Waals surface area contributed by atoms with Gasteiger partial charge in [0, 0.05) is 13.2 Å². The van der Waals surface area contributed by atoms with Gasteiger partial charge in [-0.2, -0.15) is 0 Å². The lowest BCUT2D eigenvalue weighted by Gasteiger charge is -2.30. The predicted octanol–water partition coefficient (Wildman–Crippen LogP) is 3.11. The second-order valence-electron chi connectivity index (χ2n) is 6.68. The van der Waals surface area contributed by atoms with Crippen molar-refractivity contribution in [1.29, 1.82) is 0 Å². The Labute approximate surface area is 173 Å². The fraction of sp³-hybridized carbons (Fsp3) is 0.409. The van der Waals surface area contributed by atoms with Crippen molar-refractivity contribution >= 4 is 19.7 Å². The Kier molecular flexibility index (Phi) is 9.33. The Hall–Kier alpha value is -2.19. The number of hydrogen-bond acceptors (Lipinski definition) is 6. The Morgan fingerprint density at radius 3 is 2.21 bits per heavy atom. The third kappa shape index (κ3) is 6.97. The molecule has 0 bridgehead atoms. The standard InChI is InChI=1S/C22H30O6Si/c1-3-27-29(28-4-2,21-10-6-5-7-11-21)16-8-9-20(24)17-26-22(25)18-12-14-19(23)15-13-18/h5-7,10-15,20,23-24H,3-4,8-9,16-17H2,1-2H3. The van der Waals surface area contributed by atoms with Gasteiger partial charge >= 0.3 is 14.5 Å². The van der Waals surface area contributed by atoms with Gasteiger partial charge in [-0.3, -0.25) is 0 Å². The molecule has 0 aliphatic heterocycles. The van der Waals surface area contributed by atoms with Crippen LogP contribution in [0.1, 0.15) is 37.0 Å². The van der Waals surface area contributed by atoms with Crippen molar-refractivity contribution < 1.29 is 28.6 Å². The van der Waals surface area contributed by atoms with Gasteiger partial charge in [0.05, 0.1) is 11.7 Å². The first-order valence-corrected chi connectivity index (χ1v) is 12.0. The average Bonchev–Trinajstić information content (AvgIpc) is 2.73. The summed E-state index contributed by atoms with van der Waals surface area (Å²) in [6, 6.07) is 16.5. The van der Waals surface area contributed by atoms with Crippen LogP contribution in [0.5, 0.6) is 5.75 Å². The van der Waals surface area contributed by atoms with Crippen LogP contribution in [-0.2, 0) is 13.6 Å². The molecule has 0 heterocycles. The minimum atomic E-state index is -2.58. The zero-order chi connectivity index (χ0) is 21.1. The first kappa shape index (κ1) is 23.1. The third-order valence-corrected chi connectivity index (χ3v) is 8.26. The molecule has 2 rings (SSSR count). The number of phenols is 1. The smallest absolute Gasteiger partial charge is 0.372 e. The minimum Gasteiger partial charge on any atom is -0.508 e. The minimum absolute atomic E-state index is 0.0799. The molecule has 0 aliphatic rings. The van der Waals surface area contributed by atoms with Crippen molar-refractivity contribution in [3.63, 3.8) is 0 Å². The molecule has 0 fully saturated rings. The molecular formula is C22H30O6Si. The summed E-state index contributed by atoms with van der Waals surface area (Å²) in [6.07, 6.45) is 0.408. The van der Waals surface area contributed by atoms with Crippen LogP contribution in [0.4, 0.5) is 0 Å². The molecule has 2 aromatic carbocycles. The van der Waals surface area contributed by atoms with Crippen molar-refractivity contribution in [2.75, 3.05) is 19.8 Å². The molecule has 2 N–H and O–H groups in total. The van der Waals surface area contributed by atoms with E-state index < -0.39 is 20.6 Å². The second-order valence-corrected chi connectivity index (χ2v) is 9.84. The van der Waals surface area contributed by atoms with E-state index in [1.54, 1.807) is 0 Å². The van der Waals surface area contributed by atoms with Crippen LogP contribution in [-0.4, -0.2) is 50.7 Å². The highest BCUT2D eigenvalue weighted by molar-refractivity contribution is 6.81. The number of aliphatic hydroxyl groups excluding tert-OH is 1. The first-order valence-electron chi connectivity index (χ1n) is 9.98. The molecule has 0 spiro atoms. The van der Waals surface area contributed by atoms with Gasteiger partial charge in [0.1, 0.15) is 12.4 Å². The lowest BCUT2D eigenvalue weighted by molar-refractivity contribution is 0.0235. The van der Waals surface area contributed by atoms with Crippen LogP contribution in [0.2, 0.25) is 6.04 Å². The van der Waals surface area contributed by atoms with Crippen LogP contribution >= 0.6 is 0 Å². The number of phenolic OH excluding ortho intramolecular Hbond substituents is 1. The van der Waals surface area contributed by atoms with Gasteiger partial charge < -0.3 is 23.8 Å². The number of carbonyl (C=O) groups is 1. The highest BCUT2D eigenvalue weighted by Gasteiger charge is 2.39. The lowest BCUT2D eigenvalue weighted by atomic mass is 10.2. The van der Waals surface area contributed by atoms with E-state index in [0.29, 0.717) is 37.7 Å². The van der Waals surface area contributed by atoms with Gasteiger partial charge in [0.15, 0.2) is 0 Å². The average molecular weight is 419 g/mol. The fourth-order valence-corrected chi connectivity index (χ4v) is 6.46. The fourth-order valence-electron chi connectivity index (χ4n) is 3.16. The summed E-state index contributed by atoms with van der Waals surface area (Å²) >= 11 is 0. The molecule has 0 saturated carbocycles. The summed E-state index contributed by atoms with van der Waals surface area (Å²) in [5.74, 6) is -0.447. The molecule has 0 aliphatic carbocycles. The number of esters is 1. The maximum atomic E-state index is 12.0. The largest absolute Gasteiger partial charge is 0.508 e. The molecule has 6 nitrogen and oxygen atoms in total. The van der Waals surface area contributed by atoms with E-state index in [-0.39, 0.29) is 12.4 Å². The van der Waals surface area contributed by atoms with Crippen LogP contribution in [0.15, 0.2) is 54.6 Å². The molecule has 1 unspecified atom stereocenters. The van der Waals surface area contributed by atoms with Gasteiger partial charge in [-0.25, -0.2) is 4.79 Å². The van der Waals surface area contributed by atoms with E-state index in [1.165, 1.54) is 24.3 Å². The van der Waals surface area contributed by atoms with Crippen LogP contribution < -0.4 is 5.19 Å². The summed E-state index contributed by atoms with van der Waals surface area (Å²) in [4.78, 5) is 12.0. The highest BCUT2D eigenvalue weighted by atomic mass is 28.4. The third-order valence-electron chi connectivity index (χ3n) is 4.52. The summed E-state index contributed by atoms with van der Waals surface area (Å²) in [7, 11) is -2.58. The van der Waals surface area contributed by atoms with Crippen molar-refractivity contribution in [3.05, 3.63) is 60.2 Å². The van der Waals surface area contributed by atoms with Crippen LogP contribution in [0, 0.1) is 0 Å². The Morgan fingerprint density at radius 2 is 1.62 bits per heavy atom. The predicted molar refractivity (Wildman–Crippen MR) is 114 cm³/mol. The normalized spacial score (nSPS) is 12.5. The number of benzene rings is 2. The van der Waals surface area contributed by atoms with Crippen molar-refractivity contribution in [2.45, 2.75) is 38.8 Å². The topological polar surface area (TPSA) is 85.2 Å². The summed E-state index contributed by atoms with van der Waals surface area (Å²) < 4.78 is 17.4.